The van der Waals surface area contributed by atoms with Gasteiger partial charge in [0.2, 0.25) is 5.96 Å². The van der Waals surface area contributed by atoms with Crippen molar-refractivity contribution in [2.75, 3.05) is 32.7 Å². The smallest absolute Gasteiger partial charge is 0.285 e. The van der Waals surface area contributed by atoms with Gasteiger partial charge in [-0.05, 0) is 42.0 Å². The molecule has 2 aromatic rings. The molecule has 158 valence electrons. The normalized spacial score (nSPS) is 17.9. The minimum atomic E-state index is -4.02. The molecule has 2 aliphatic rings. The van der Waals surface area contributed by atoms with E-state index in [9.17, 15) is 12.8 Å². The summed E-state index contributed by atoms with van der Waals surface area (Å²) in [6.07, 6.45) is 0.656. The number of hydrogen-bond acceptors (Lipinski definition) is 4. The second kappa shape index (κ2) is 8.71. The molecule has 0 saturated carbocycles. The van der Waals surface area contributed by atoms with E-state index in [1.807, 2.05) is 17.0 Å². The monoisotopic (exact) mass is 449 g/mol. The quantitative estimate of drug-likeness (QED) is 0.575. The molecule has 1 saturated heterocycles. The Labute approximate surface area is 179 Å². The number of benzene rings is 2. The maximum Gasteiger partial charge on any atom is 0.285 e. The highest BCUT2D eigenvalue weighted by molar-refractivity contribution is 7.90. The summed E-state index contributed by atoms with van der Waals surface area (Å²) in [4.78, 5) is 1.85. The Bertz CT molecular complexity index is 1070. The van der Waals surface area contributed by atoms with Crippen LogP contribution in [0.25, 0.3) is 0 Å². The maximum absolute atomic E-state index is 13.2. The van der Waals surface area contributed by atoms with Gasteiger partial charge in [0.25, 0.3) is 10.0 Å². The van der Waals surface area contributed by atoms with E-state index >= 15 is 0 Å². The van der Waals surface area contributed by atoms with E-state index < -0.39 is 15.8 Å². The van der Waals surface area contributed by atoms with Crippen molar-refractivity contribution >= 4 is 33.3 Å². The Morgan fingerprint density at radius 1 is 1.03 bits per heavy atom. The van der Waals surface area contributed by atoms with Crippen LogP contribution in [0.1, 0.15) is 12.0 Å². The maximum atomic E-state index is 13.2. The van der Waals surface area contributed by atoms with Crippen LogP contribution in [0.2, 0.25) is 5.02 Å². The standard InChI is InChI=1S/C20H21ClFN5O2S/c21-16-3-1-15(2-4-16)19-9-12-27(24-19)20(26-13-10-23-11-14-26)25-30(28,29)18-7-5-17(22)6-8-18/h1-8,23H,9-14H2/b25-20+. The van der Waals surface area contributed by atoms with Crippen molar-refractivity contribution in [2.24, 2.45) is 9.50 Å². The van der Waals surface area contributed by atoms with Gasteiger partial charge in [-0.15, -0.1) is 4.40 Å². The molecule has 7 nitrogen and oxygen atoms in total. The molecule has 1 fully saturated rings. The van der Waals surface area contributed by atoms with Crippen LogP contribution in [0.4, 0.5) is 4.39 Å². The first-order chi connectivity index (χ1) is 14.4. The fourth-order valence-electron chi connectivity index (χ4n) is 3.35. The van der Waals surface area contributed by atoms with Crippen molar-refractivity contribution in [1.29, 1.82) is 0 Å². The summed E-state index contributed by atoms with van der Waals surface area (Å²) in [5.74, 6) is -0.221. The van der Waals surface area contributed by atoms with Crippen LogP contribution in [-0.4, -0.2) is 62.7 Å². The Balaban J connectivity index is 1.69. The fourth-order valence-corrected chi connectivity index (χ4v) is 4.48. The topological polar surface area (TPSA) is 77.4 Å². The molecule has 2 heterocycles. The minimum absolute atomic E-state index is 0.0577. The van der Waals surface area contributed by atoms with Gasteiger partial charge in [0.05, 0.1) is 17.2 Å². The molecule has 0 radical (unpaired) electrons. The average molecular weight is 450 g/mol. The van der Waals surface area contributed by atoms with Crippen molar-refractivity contribution in [1.82, 2.24) is 15.2 Å². The molecule has 0 spiro atoms. The molecule has 4 rings (SSSR count). The van der Waals surface area contributed by atoms with Gasteiger partial charge in [0, 0.05) is 37.6 Å². The van der Waals surface area contributed by atoms with Gasteiger partial charge < -0.3 is 10.2 Å². The van der Waals surface area contributed by atoms with E-state index in [4.69, 9.17) is 11.6 Å². The molecule has 2 aliphatic heterocycles. The molecule has 10 heteroatoms. The Morgan fingerprint density at radius 3 is 2.37 bits per heavy atom. The molecule has 30 heavy (non-hydrogen) atoms. The van der Waals surface area contributed by atoms with Crippen molar-refractivity contribution < 1.29 is 12.8 Å². The number of hydrogen-bond donors (Lipinski definition) is 1. The molecule has 0 amide bonds. The van der Waals surface area contributed by atoms with E-state index in [2.05, 4.69) is 14.8 Å². The third kappa shape index (κ3) is 4.63. The average Bonchev–Trinajstić information content (AvgIpc) is 3.23. The molecular weight excluding hydrogens is 429 g/mol. The predicted octanol–water partition coefficient (Wildman–Crippen LogP) is 2.54. The van der Waals surface area contributed by atoms with Crippen LogP contribution in [0.3, 0.4) is 0 Å². The number of nitrogens with one attached hydrogen (secondary N) is 1. The van der Waals surface area contributed by atoms with Gasteiger partial charge in [0.1, 0.15) is 5.82 Å². The zero-order valence-electron chi connectivity index (χ0n) is 16.1. The van der Waals surface area contributed by atoms with Gasteiger partial charge in [-0.2, -0.15) is 13.5 Å². The van der Waals surface area contributed by atoms with Gasteiger partial charge in [0.15, 0.2) is 0 Å². The largest absolute Gasteiger partial charge is 0.338 e. The van der Waals surface area contributed by atoms with Crippen LogP contribution < -0.4 is 5.32 Å². The summed E-state index contributed by atoms with van der Waals surface area (Å²) in [5, 5.41) is 10.2. The van der Waals surface area contributed by atoms with E-state index in [1.165, 1.54) is 12.1 Å². The number of piperazine rings is 1. The van der Waals surface area contributed by atoms with Crippen molar-refractivity contribution in [2.45, 2.75) is 11.3 Å². The van der Waals surface area contributed by atoms with Crippen LogP contribution in [0.5, 0.6) is 0 Å². The number of rotatable bonds is 3. The van der Waals surface area contributed by atoms with Gasteiger partial charge in [-0.3, -0.25) is 0 Å². The number of guanidine groups is 1. The van der Waals surface area contributed by atoms with Gasteiger partial charge >= 0.3 is 0 Å². The molecular formula is C20H21ClFN5O2S. The zero-order chi connectivity index (χ0) is 21.1. The van der Waals surface area contributed by atoms with E-state index in [0.29, 0.717) is 31.1 Å². The third-order valence-corrected chi connectivity index (χ3v) is 6.45. The zero-order valence-corrected chi connectivity index (χ0v) is 17.7. The number of halogens is 2. The van der Waals surface area contributed by atoms with Crippen LogP contribution in [0, 0.1) is 5.82 Å². The molecule has 0 unspecified atom stereocenters. The van der Waals surface area contributed by atoms with Crippen molar-refractivity contribution in [3.63, 3.8) is 0 Å². The number of sulfonamides is 1. The first kappa shape index (κ1) is 20.8. The van der Waals surface area contributed by atoms with Crippen LogP contribution >= 0.6 is 11.6 Å². The lowest BCUT2D eigenvalue weighted by molar-refractivity contribution is 0.304. The second-order valence-electron chi connectivity index (χ2n) is 6.98. The summed E-state index contributed by atoms with van der Waals surface area (Å²) in [6.45, 7) is 3.17. The number of hydrazone groups is 1. The summed E-state index contributed by atoms with van der Waals surface area (Å²) in [6, 6.07) is 12.0. The van der Waals surface area contributed by atoms with Gasteiger partial charge in [-0.25, -0.2) is 9.40 Å². The van der Waals surface area contributed by atoms with Crippen LogP contribution in [0.15, 0.2) is 62.9 Å². The number of nitrogens with zero attached hydrogens (tertiary/aromatic N) is 4. The van der Waals surface area contributed by atoms with Crippen molar-refractivity contribution in [3.8, 4) is 0 Å². The second-order valence-corrected chi connectivity index (χ2v) is 9.02. The highest BCUT2D eigenvalue weighted by Crippen LogP contribution is 2.20. The lowest BCUT2D eigenvalue weighted by Crippen LogP contribution is -2.51. The van der Waals surface area contributed by atoms with E-state index in [-0.39, 0.29) is 10.9 Å². The summed E-state index contributed by atoms with van der Waals surface area (Å²) >= 11 is 5.97. The third-order valence-electron chi connectivity index (χ3n) is 4.92. The van der Waals surface area contributed by atoms with Crippen LogP contribution in [-0.2, 0) is 10.0 Å². The lowest BCUT2D eigenvalue weighted by atomic mass is 10.1. The lowest BCUT2D eigenvalue weighted by Gasteiger charge is -2.32. The molecule has 2 aromatic carbocycles. The highest BCUT2D eigenvalue weighted by atomic mass is 35.5. The molecule has 0 atom stereocenters. The molecule has 1 N–H and O–H groups in total. The van der Waals surface area contributed by atoms with E-state index in [0.717, 1.165) is 36.5 Å². The van der Waals surface area contributed by atoms with Crippen molar-refractivity contribution in [3.05, 3.63) is 64.9 Å². The Kier molecular flexibility index (Phi) is 6.03. The summed E-state index contributed by atoms with van der Waals surface area (Å²) in [5.41, 5.74) is 1.77. The first-order valence-corrected chi connectivity index (χ1v) is 11.4. The fraction of sp³-hybridized carbons (Fsp3) is 0.300. The predicted molar refractivity (Wildman–Crippen MR) is 115 cm³/mol. The Morgan fingerprint density at radius 2 is 1.70 bits per heavy atom. The molecule has 0 aliphatic carbocycles. The first-order valence-electron chi connectivity index (χ1n) is 9.59. The molecule has 0 aromatic heterocycles. The van der Waals surface area contributed by atoms with Gasteiger partial charge in [-0.1, -0.05) is 23.7 Å². The highest BCUT2D eigenvalue weighted by Gasteiger charge is 2.28. The minimum Gasteiger partial charge on any atom is -0.338 e. The Hall–Kier alpha value is -2.49. The summed E-state index contributed by atoms with van der Waals surface area (Å²) in [7, 11) is -4.02. The SMILES string of the molecule is O=S(=O)(/N=C(\N1CCNCC1)N1CCC(c2ccc(Cl)cc2)=N1)c1ccc(F)cc1. The molecule has 0 bridgehead atoms. The van der Waals surface area contributed by atoms with E-state index in [1.54, 1.807) is 17.1 Å². The summed E-state index contributed by atoms with van der Waals surface area (Å²) < 4.78 is 43.1.